The Morgan fingerprint density at radius 1 is 0.864 bits per heavy atom. The van der Waals surface area contributed by atoms with Crippen molar-refractivity contribution in [2.75, 3.05) is 13.2 Å². The fourth-order valence-electron chi connectivity index (χ4n) is 7.67. The summed E-state index contributed by atoms with van der Waals surface area (Å²) in [6.45, 7) is 4.25. The number of imide groups is 1. The maximum Gasteiger partial charge on any atom is 0.266 e. The zero-order valence-corrected chi connectivity index (χ0v) is 33.9. The van der Waals surface area contributed by atoms with Gasteiger partial charge in [0.15, 0.2) is 12.4 Å². The van der Waals surface area contributed by atoms with E-state index in [4.69, 9.17) is 21.1 Å². The first kappa shape index (κ1) is 40.9. The third-order valence-electron chi connectivity index (χ3n) is 10.8. The highest BCUT2D eigenvalue weighted by atomic mass is 35.5. The second-order valence-electron chi connectivity index (χ2n) is 15.0. The summed E-state index contributed by atoms with van der Waals surface area (Å²) in [5.74, 6) is -1.53. The Kier molecular flexibility index (Phi) is 12.3. The van der Waals surface area contributed by atoms with E-state index < -0.39 is 23.6 Å². The predicted molar refractivity (Wildman–Crippen MR) is 222 cm³/mol. The van der Waals surface area contributed by atoms with E-state index in [0.717, 1.165) is 58.7 Å². The Bertz CT molecular complexity index is 2460. The Labute approximate surface area is 347 Å². The van der Waals surface area contributed by atoms with Gasteiger partial charge in [-0.15, -0.1) is 0 Å². The number of amides is 3. The number of aromatic nitrogens is 2. The van der Waals surface area contributed by atoms with Crippen molar-refractivity contribution in [3.05, 3.63) is 117 Å². The van der Waals surface area contributed by atoms with Gasteiger partial charge in [0, 0.05) is 30.6 Å². The summed E-state index contributed by atoms with van der Waals surface area (Å²) in [4.78, 5) is 64.1. The number of phenolic OH excluding ortho intramolecular Hbond substituents is 1. The number of unbranched alkanes of at least 4 members (excludes halogenated alkanes) is 2. The van der Waals surface area contributed by atoms with Gasteiger partial charge in [0.2, 0.25) is 0 Å². The molecule has 5 aromatic rings. The molecule has 1 aliphatic carbocycles. The molecule has 2 aliphatic rings. The van der Waals surface area contributed by atoms with Crippen LogP contribution in [0, 0.1) is 13.8 Å². The lowest BCUT2D eigenvalue weighted by molar-refractivity contribution is -0.132. The molecule has 1 atom stereocenters. The molecule has 1 aromatic heterocycles. The molecule has 0 radical (unpaired) electrons. The number of ketones is 2. The van der Waals surface area contributed by atoms with E-state index in [1.165, 1.54) is 17.7 Å². The van der Waals surface area contributed by atoms with Crippen LogP contribution in [0.15, 0.2) is 78.9 Å². The lowest BCUT2D eigenvalue weighted by atomic mass is 9.92. The Morgan fingerprint density at radius 3 is 2.36 bits per heavy atom. The normalized spacial score (nSPS) is 15.1. The molecule has 4 aromatic carbocycles. The van der Waals surface area contributed by atoms with E-state index >= 15 is 0 Å². The summed E-state index contributed by atoms with van der Waals surface area (Å²) in [6.07, 6.45) is 3.39. The van der Waals surface area contributed by atoms with Gasteiger partial charge in [0.25, 0.3) is 17.7 Å². The van der Waals surface area contributed by atoms with Crippen LogP contribution in [0.4, 0.5) is 0 Å². The van der Waals surface area contributed by atoms with Crippen molar-refractivity contribution in [2.24, 2.45) is 7.05 Å². The summed E-state index contributed by atoms with van der Waals surface area (Å²) in [6, 6.07) is 23.1. The molecule has 7 rings (SSSR count). The van der Waals surface area contributed by atoms with Crippen LogP contribution < -0.4 is 14.8 Å². The molecule has 0 bridgehead atoms. The van der Waals surface area contributed by atoms with Crippen LogP contribution in [-0.2, 0) is 34.5 Å². The van der Waals surface area contributed by atoms with Gasteiger partial charge in [-0.05, 0) is 104 Å². The molecule has 1 aliphatic heterocycles. The fourth-order valence-corrected chi connectivity index (χ4v) is 7.78. The number of halogens is 1. The minimum Gasteiger partial charge on any atom is -0.506 e. The van der Waals surface area contributed by atoms with Crippen LogP contribution in [-0.4, -0.2) is 68.3 Å². The monoisotopic (exact) mass is 816 g/mol. The Balaban J connectivity index is 0.866. The Hall–Kier alpha value is -6.27. The standard InChI is InChI=1S/C46H45ClN4O8/c1-27-22-31(15-18-35(27)47)42-40(20-17-33(44(42)55)37-23-28(2)49-50(37)3)58-25-30-13-11-29(12-14-30)8-5-4-6-21-48-41(54)26-59-39-10-7-9-34-43(39)46(57)51(45(34)56)36-19-16-32(52)24-38(36)53/h7,9-15,17-18,20,22-23,36,55H,4-6,8,16,19,21,24-26H2,1-3H3,(H,48,54). The van der Waals surface area contributed by atoms with E-state index in [1.807, 2.05) is 69.4 Å². The summed E-state index contributed by atoms with van der Waals surface area (Å²) < 4.78 is 13.8. The van der Waals surface area contributed by atoms with Crippen LogP contribution >= 0.6 is 11.6 Å². The molecule has 0 saturated heterocycles. The Morgan fingerprint density at radius 2 is 1.63 bits per heavy atom. The lowest BCUT2D eigenvalue weighted by Gasteiger charge is -2.27. The molecule has 3 amide bonds. The predicted octanol–water partition coefficient (Wildman–Crippen LogP) is 7.50. The number of hydrogen-bond donors (Lipinski definition) is 2. The van der Waals surface area contributed by atoms with Crippen LogP contribution in [0.1, 0.15) is 81.6 Å². The molecular formula is C46H45ClN4O8. The lowest BCUT2D eigenvalue weighted by Crippen LogP contribution is -2.47. The van der Waals surface area contributed by atoms with Crippen LogP contribution in [0.5, 0.6) is 17.2 Å². The van der Waals surface area contributed by atoms with Gasteiger partial charge < -0.3 is 19.9 Å². The number of Topliss-reactive ketones (excluding diaryl/α,β-unsaturated/α-hetero) is 2. The third kappa shape index (κ3) is 8.92. The number of nitrogens with zero attached hydrogens (tertiary/aromatic N) is 3. The highest BCUT2D eigenvalue weighted by Crippen LogP contribution is 2.45. The smallest absolute Gasteiger partial charge is 0.266 e. The number of aryl methyl sites for hydroxylation is 4. The van der Waals surface area contributed by atoms with E-state index in [2.05, 4.69) is 22.5 Å². The highest BCUT2D eigenvalue weighted by Gasteiger charge is 2.45. The summed E-state index contributed by atoms with van der Waals surface area (Å²) in [5, 5.41) is 19.5. The molecule has 12 nitrogen and oxygen atoms in total. The molecule has 2 heterocycles. The van der Waals surface area contributed by atoms with Crippen molar-refractivity contribution in [1.29, 1.82) is 0 Å². The number of aromatic hydroxyl groups is 1. The molecule has 59 heavy (non-hydrogen) atoms. The van der Waals surface area contributed by atoms with E-state index in [-0.39, 0.29) is 60.2 Å². The first-order valence-corrected chi connectivity index (χ1v) is 20.1. The number of nitrogens with one attached hydrogen (secondary N) is 1. The number of hydrogen-bond acceptors (Lipinski definition) is 9. The fraction of sp³-hybridized carbons (Fsp3) is 0.304. The molecule has 1 fully saturated rings. The molecule has 1 saturated carbocycles. The van der Waals surface area contributed by atoms with Gasteiger partial charge in [-0.1, -0.05) is 54.4 Å². The SMILES string of the molecule is Cc1cc(-c2ccc(OCc3ccc(CCCCCNC(=O)COc4cccc5c4C(=O)N(C4CCC(=O)CC4=O)C5=O)cc3)c(-c3ccc(Cl)c(C)c3)c2O)n(C)n1. The van der Waals surface area contributed by atoms with Crippen LogP contribution in [0.25, 0.3) is 22.4 Å². The summed E-state index contributed by atoms with van der Waals surface area (Å²) in [7, 11) is 1.85. The number of ether oxygens (including phenoxy) is 2. The summed E-state index contributed by atoms with van der Waals surface area (Å²) >= 11 is 6.34. The average Bonchev–Trinajstić information content (AvgIpc) is 3.68. The topological polar surface area (TPSA) is 157 Å². The number of carbonyl (C=O) groups excluding carboxylic acids is 5. The number of benzene rings is 4. The van der Waals surface area contributed by atoms with E-state index in [0.29, 0.717) is 35.1 Å². The quantitative estimate of drug-likeness (QED) is 0.0620. The van der Waals surface area contributed by atoms with Gasteiger partial charge in [-0.3, -0.25) is 33.6 Å². The number of rotatable bonds is 15. The van der Waals surface area contributed by atoms with Crippen molar-refractivity contribution in [3.63, 3.8) is 0 Å². The van der Waals surface area contributed by atoms with Gasteiger partial charge in [0.1, 0.15) is 29.6 Å². The third-order valence-corrected chi connectivity index (χ3v) is 11.2. The molecule has 304 valence electrons. The van der Waals surface area contributed by atoms with Gasteiger partial charge >= 0.3 is 0 Å². The largest absolute Gasteiger partial charge is 0.506 e. The minimum absolute atomic E-state index is 0.0242. The maximum absolute atomic E-state index is 13.3. The highest BCUT2D eigenvalue weighted by molar-refractivity contribution is 6.31. The van der Waals surface area contributed by atoms with Crippen molar-refractivity contribution >= 4 is 40.9 Å². The minimum atomic E-state index is -0.981. The molecule has 0 spiro atoms. The molecule has 13 heteroatoms. The first-order valence-electron chi connectivity index (χ1n) is 19.7. The molecule has 2 N–H and O–H groups in total. The van der Waals surface area contributed by atoms with Gasteiger partial charge in [-0.25, -0.2) is 0 Å². The van der Waals surface area contributed by atoms with Crippen molar-refractivity contribution in [3.8, 4) is 39.6 Å². The average molecular weight is 817 g/mol. The van der Waals surface area contributed by atoms with Crippen molar-refractivity contribution in [1.82, 2.24) is 20.0 Å². The number of phenols is 1. The zero-order valence-electron chi connectivity index (χ0n) is 33.2. The van der Waals surface area contributed by atoms with E-state index in [9.17, 15) is 29.1 Å². The van der Waals surface area contributed by atoms with Gasteiger partial charge in [-0.2, -0.15) is 5.10 Å². The number of carbonyl (C=O) groups is 5. The number of fused-ring (bicyclic) bond motifs is 1. The van der Waals surface area contributed by atoms with Crippen LogP contribution in [0.2, 0.25) is 5.02 Å². The summed E-state index contributed by atoms with van der Waals surface area (Å²) in [5.41, 5.74) is 6.84. The zero-order chi connectivity index (χ0) is 41.8. The molecular weight excluding hydrogens is 772 g/mol. The van der Waals surface area contributed by atoms with Gasteiger partial charge in [0.05, 0.1) is 40.5 Å². The van der Waals surface area contributed by atoms with Crippen LogP contribution in [0.3, 0.4) is 0 Å². The second kappa shape index (κ2) is 17.7. The molecule has 1 unspecified atom stereocenters. The van der Waals surface area contributed by atoms with Crippen molar-refractivity contribution in [2.45, 2.75) is 71.4 Å². The second-order valence-corrected chi connectivity index (χ2v) is 15.5. The first-order chi connectivity index (χ1) is 28.4. The van der Waals surface area contributed by atoms with E-state index in [1.54, 1.807) is 10.7 Å². The maximum atomic E-state index is 13.3. The van der Waals surface area contributed by atoms with Crippen molar-refractivity contribution < 1.29 is 38.6 Å².